The second-order valence-electron chi connectivity index (χ2n) is 6.82. The smallest absolute Gasteiger partial charge is 0.133 e. The lowest BCUT2D eigenvalue weighted by Gasteiger charge is -2.27. The molecule has 1 saturated carbocycles. The minimum atomic E-state index is 0.386. The lowest BCUT2D eigenvalue weighted by atomic mass is 10.2. The molecule has 4 rings (SSSR count). The highest BCUT2D eigenvalue weighted by molar-refractivity contribution is 9.10. The molecule has 1 saturated heterocycles. The molecule has 1 atom stereocenters. The first-order valence-electron chi connectivity index (χ1n) is 8.66. The van der Waals surface area contributed by atoms with Gasteiger partial charge in [-0.2, -0.15) is 5.26 Å². The molecule has 128 valence electrons. The number of likely N-dealkylation sites (N-methyl/N-ethyl adjacent to an activating group) is 1. The third-order valence-corrected chi connectivity index (χ3v) is 5.59. The Morgan fingerprint density at radius 3 is 2.88 bits per heavy atom. The Bertz CT molecular complexity index is 827. The molecule has 1 aromatic heterocycles. The van der Waals surface area contributed by atoms with E-state index in [1.54, 1.807) is 0 Å². The van der Waals surface area contributed by atoms with Crippen LogP contribution in [0.2, 0.25) is 0 Å². The molecule has 2 aliphatic rings. The molecule has 2 heterocycles. The average Bonchev–Trinajstić information content (AvgIpc) is 3.38. The third kappa shape index (κ3) is 3.34. The van der Waals surface area contributed by atoms with Gasteiger partial charge in [0.15, 0.2) is 0 Å². The number of hydrogen-bond donors (Lipinski definition) is 0. The molecule has 2 fully saturated rings. The number of hydrogen-bond acceptors (Lipinski definition) is 5. The Kier molecular flexibility index (Phi) is 4.34. The molecule has 2 aromatic rings. The van der Waals surface area contributed by atoms with E-state index in [0.29, 0.717) is 12.0 Å². The van der Waals surface area contributed by atoms with Crippen LogP contribution in [0.25, 0.3) is 0 Å². The molecule has 25 heavy (non-hydrogen) atoms. The SMILES string of the molecule is CN(c1ccnc(C2CC2)n1)C1CCN(c2ccc(Br)cc2C#N)C1. The van der Waals surface area contributed by atoms with Gasteiger partial charge in [-0.3, -0.25) is 0 Å². The van der Waals surface area contributed by atoms with Gasteiger partial charge >= 0.3 is 0 Å². The van der Waals surface area contributed by atoms with Crippen molar-refractivity contribution < 1.29 is 0 Å². The summed E-state index contributed by atoms with van der Waals surface area (Å²) in [5.41, 5.74) is 1.73. The molecular weight excluding hydrogens is 378 g/mol. The van der Waals surface area contributed by atoms with Crippen LogP contribution in [0.3, 0.4) is 0 Å². The van der Waals surface area contributed by atoms with Crippen molar-refractivity contribution in [3.05, 3.63) is 46.3 Å². The van der Waals surface area contributed by atoms with Crippen LogP contribution >= 0.6 is 15.9 Å². The van der Waals surface area contributed by atoms with Gasteiger partial charge in [0.2, 0.25) is 0 Å². The Morgan fingerprint density at radius 2 is 2.12 bits per heavy atom. The summed E-state index contributed by atoms with van der Waals surface area (Å²) < 4.78 is 0.939. The topological polar surface area (TPSA) is 56.1 Å². The largest absolute Gasteiger partial charge is 0.368 e. The fourth-order valence-corrected chi connectivity index (χ4v) is 3.80. The zero-order valence-corrected chi connectivity index (χ0v) is 15.8. The second kappa shape index (κ2) is 6.64. The van der Waals surface area contributed by atoms with Gasteiger partial charge in [0.05, 0.1) is 11.3 Å². The van der Waals surface area contributed by atoms with E-state index in [2.05, 4.69) is 43.8 Å². The van der Waals surface area contributed by atoms with Crippen molar-refractivity contribution in [2.24, 2.45) is 0 Å². The van der Waals surface area contributed by atoms with Gasteiger partial charge in [0, 0.05) is 42.8 Å². The highest BCUT2D eigenvalue weighted by Gasteiger charge is 2.30. The van der Waals surface area contributed by atoms with Crippen molar-refractivity contribution in [2.75, 3.05) is 29.9 Å². The molecule has 0 radical (unpaired) electrons. The number of nitriles is 1. The van der Waals surface area contributed by atoms with E-state index in [9.17, 15) is 5.26 Å². The van der Waals surface area contributed by atoms with Crippen LogP contribution in [0.5, 0.6) is 0 Å². The van der Waals surface area contributed by atoms with Crippen molar-refractivity contribution in [1.29, 1.82) is 5.26 Å². The highest BCUT2D eigenvalue weighted by Crippen LogP contribution is 2.38. The summed E-state index contributed by atoms with van der Waals surface area (Å²) in [7, 11) is 2.11. The van der Waals surface area contributed by atoms with Crippen molar-refractivity contribution >= 4 is 27.4 Å². The van der Waals surface area contributed by atoms with Gasteiger partial charge in [0.25, 0.3) is 0 Å². The predicted molar refractivity (Wildman–Crippen MR) is 102 cm³/mol. The fraction of sp³-hybridized carbons (Fsp3) is 0.421. The van der Waals surface area contributed by atoms with E-state index in [1.165, 1.54) is 12.8 Å². The number of anilines is 2. The maximum atomic E-state index is 9.42. The molecular formula is C19H20BrN5. The lowest BCUT2D eigenvalue weighted by molar-refractivity contribution is 0.680. The number of nitrogens with zero attached hydrogens (tertiary/aromatic N) is 5. The maximum Gasteiger partial charge on any atom is 0.133 e. The average molecular weight is 398 g/mol. The minimum Gasteiger partial charge on any atom is -0.368 e. The van der Waals surface area contributed by atoms with Gasteiger partial charge in [-0.25, -0.2) is 9.97 Å². The minimum absolute atomic E-state index is 0.386. The molecule has 1 aliphatic heterocycles. The molecule has 5 nitrogen and oxygen atoms in total. The van der Waals surface area contributed by atoms with Crippen LogP contribution in [-0.2, 0) is 0 Å². The van der Waals surface area contributed by atoms with Crippen LogP contribution in [-0.4, -0.2) is 36.1 Å². The summed E-state index contributed by atoms with van der Waals surface area (Å²) in [5, 5.41) is 9.42. The molecule has 0 N–H and O–H groups in total. The van der Waals surface area contributed by atoms with Gasteiger partial charge < -0.3 is 9.80 Å². The van der Waals surface area contributed by atoms with Crippen molar-refractivity contribution in [1.82, 2.24) is 9.97 Å². The van der Waals surface area contributed by atoms with Gasteiger partial charge in [-0.05, 0) is 43.5 Å². The van der Waals surface area contributed by atoms with Crippen LogP contribution in [0.1, 0.15) is 36.6 Å². The third-order valence-electron chi connectivity index (χ3n) is 5.09. The Balaban J connectivity index is 1.50. The first-order valence-corrected chi connectivity index (χ1v) is 9.45. The summed E-state index contributed by atoms with van der Waals surface area (Å²) in [4.78, 5) is 13.7. The Hall–Kier alpha value is -2.13. The molecule has 1 aromatic carbocycles. The fourth-order valence-electron chi connectivity index (χ4n) is 3.44. The standard InChI is InChI=1S/C19H20BrN5/c1-24(18-6-8-22-19(23-18)13-2-3-13)16-7-9-25(12-16)17-5-4-15(20)10-14(17)11-21/h4-6,8,10,13,16H,2-3,7,9,12H2,1H3. The van der Waals surface area contributed by atoms with E-state index in [4.69, 9.17) is 4.98 Å². The Morgan fingerprint density at radius 1 is 1.28 bits per heavy atom. The quantitative estimate of drug-likeness (QED) is 0.786. The Labute approximate surface area is 156 Å². The number of benzene rings is 1. The van der Waals surface area contributed by atoms with E-state index in [-0.39, 0.29) is 0 Å². The lowest BCUT2D eigenvalue weighted by Crippen LogP contribution is -2.35. The number of aromatic nitrogens is 2. The summed E-state index contributed by atoms with van der Waals surface area (Å²) in [6, 6.07) is 10.6. The van der Waals surface area contributed by atoms with Crippen LogP contribution in [0.4, 0.5) is 11.5 Å². The van der Waals surface area contributed by atoms with Gasteiger partial charge in [0.1, 0.15) is 17.7 Å². The van der Waals surface area contributed by atoms with E-state index >= 15 is 0 Å². The van der Waals surface area contributed by atoms with Crippen LogP contribution < -0.4 is 9.80 Å². The van der Waals surface area contributed by atoms with E-state index < -0.39 is 0 Å². The molecule has 1 unspecified atom stereocenters. The molecule has 0 spiro atoms. The molecule has 0 amide bonds. The summed E-state index contributed by atoms with van der Waals surface area (Å²) in [6.45, 7) is 1.85. The number of rotatable bonds is 4. The first kappa shape index (κ1) is 16.3. The predicted octanol–water partition coefficient (Wildman–Crippen LogP) is 3.70. The first-order chi connectivity index (χ1) is 12.2. The summed E-state index contributed by atoms with van der Waals surface area (Å²) in [6.07, 6.45) is 5.36. The van der Waals surface area contributed by atoms with Crippen molar-refractivity contribution in [3.8, 4) is 6.07 Å². The summed E-state index contributed by atoms with van der Waals surface area (Å²) >= 11 is 3.44. The van der Waals surface area contributed by atoms with E-state index in [0.717, 1.165) is 46.9 Å². The van der Waals surface area contributed by atoms with Crippen LogP contribution in [0, 0.1) is 11.3 Å². The monoisotopic (exact) mass is 397 g/mol. The van der Waals surface area contributed by atoms with Gasteiger partial charge in [-0.1, -0.05) is 15.9 Å². The van der Waals surface area contributed by atoms with Crippen molar-refractivity contribution in [3.63, 3.8) is 0 Å². The highest BCUT2D eigenvalue weighted by atomic mass is 79.9. The zero-order chi connectivity index (χ0) is 17.4. The van der Waals surface area contributed by atoms with Gasteiger partial charge in [-0.15, -0.1) is 0 Å². The zero-order valence-electron chi connectivity index (χ0n) is 14.2. The second-order valence-corrected chi connectivity index (χ2v) is 7.74. The van der Waals surface area contributed by atoms with E-state index in [1.807, 2.05) is 30.5 Å². The normalized spacial score (nSPS) is 19.7. The molecule has 1 aliphatic carbocycles. The molecule has 6 heteroatoms. The number of halogens is 1. The molecule has 0 bridgehead atoms. The maximum absolute atomic E-state index is 9.42. The van der Waals surface area contributed by atoms with Crippen molar-refractivity contribution in [2.45, 2.75) is 31.2 Å². The summed E-state index contributed by atoms with van der Waals surface area (Å²) in [5.74, 6) is 2.55. The van der Waals surface area contributed by atoms with Crippen LogP contribution in [0.15, 0.2) is 34.9 Å².